The van der Waals surface area contributed by atoms with Crippen molar-refractivity contribution >= 4 is 34.2 Å². The fraction of sp³-hybridized carbons (Fsp3) is 0.467. The second-order valence-electron chi connectivity index (χ2n) is 5.64. The van der Waals surface area contributed by atoms with Gasteiger partial charge in [0.05, 0.1) is 11.8 Å². The number of nitrogens with one attached hydrogen (secondary N) is 1. The normalized spacial score (nSPS) is 25.3. The lowest BCUT2D eigenvalue weighted by Gasteiger charge is -2.21. The number of allylic oxidation sites excluding steroid dienone is 2. The molecule has 22 heavy (non-hydrogen) atoms. The number of carbonyl (C=O) groups excluding carboxylic acids is 3. The van der Waals surface area contributed by atoms with Crippen molar-refractivity contribution in [3.8, 4) is 0 Å². The number of likely N-dealkylation sites (tertiary alicyclic amines) is 1. The summed E-state index contributed by atoms with van der Waals surface area (Å²) in [7, 11) is 0. The minimum Gasteiger partial charge on any atom is -0.300 e. The first-order valence-corrected chi connectivity index (χ1v) is 8.06. The van der Waals surface area contributed by atoms with E-state index in [9.17, 15) is 14.4 Å². The van der Waals surface area contributed by atoms with E-state index in [1.165, 1.54) is 11.3 Å². The highest BCUT2D eigenvalue weighted by Gasteiger charge is 2.50. The molecule has 2 heterocycles. The van der Waals surface area contributed by atoms with Gasteiger partial charge in [-0.1, -0.05) is 12.2 Å². The van der Waals surface area contributed by atoms with Crippen molar-refractivity contribution in [3.05, 3.63) is 23.2 Å². The molecule has 3 atom stereocenters. The van der Waals surface area contributed by atoms with Gasteiger partial charge < -0.3 is 5.32 Å². The van der Waals surface area contributed by atoms with E-state index in [1.54, 1.807) is 13.1 Å². The number of amides is 3. The summed E-state index contributed by atoms with van der Waals surface area (Å²) in [6.45, 7) is 3.47. The molecule has 1 aromatic rings. The van der Waals surface area contributed by atoms with Crippen molar-refractivity contribution in [1.82, 2.24) is 9.88 Å². The largest absolute Gasteiger partial charge is 0.300 e. The van der Waals surface area contributed by atoms with Crippen LogP contribution in [0, 0.1) is 18.8 Å². The first-order chi connectivity index (χ1) is 10.5. The van der Waals surface area contributed by atoms with E-state index >= 15 is 0 Å². The summed E-state index contributed by atoms with van der Waals surface area (Å²) in [6.07, 6.45) is 6.67. The fourth-order valence-corrected chi connectivity index (χ4v) is 3.61. The van der Waals surface area contributed by atoms with Crippen molar-refractivity contribution in [2.45, 2.75) is 32.7 Å². The summed E-state index contributed by atoms with van der Waals surface area (Å²) < 4.78 is 0. The number of hydrogen-bond acceptors (Lipinski definition) is 5. The van der Waals surface area contributed by atoms with Crippen LogP contribution in [-0.4, -0.2) is 33.6 Å². The molecule has 0 bridgehead atoms. The molecule has 0 spiro atoms. The predicted octanol–water partition coefficient (Wildman–Crippen LogP) is 1.73. The number of nitrogens with zero attached hydrogens (tertiary/aromatic N) is 2. The zero-order valence-corrected chi connectivity index (χ0v) is 13.2. The second-order valence-corrected chi connectivity index (χ2v) is 6.88. The van der Waals surface area contributed by atoms with Gasteiger partial charge in [-0.05, 0) is 26.7 Å². The first-order valence-electron chi connectivity index (χ1n) is 7.24. The quantitative estimate of drug-likeness (QED) is 0.680. The van der Waals surface area contributed by atoms with E-state index in [1.807, 2.05) is 19.1 Å². The van der Waals surface area contributed by atoms with Crippen molar-refractivity contribution in [2.75, 3.05) is 5.32 Å². The van der Waals surface area contributed by atoms with Crippen LogP contribution in [-0.2, 0) is 14.4 Å². The summed E-state index contributed by atoms with van der Waals surface area (Å²) in [5.74, 6) is -1.48. The molecular weight excluding hydrogens is 302 g/mol. The van der Waals surface area contributed by atoms with Crippen LogP contribution < -0.4 is 5.32 Å². The molecule has 1 aromatic heterocycles. The minimum absolute atomic E-state index is 0.239. The Bertz CT molecular complexity index is 641. The molecule has 1 aliphatic carbocycles. The molecule has 1 saturated heterocycles. The van der Waals surface area contributed by atoms with Crippen LogP contribution in [0.15, 0.2) is 18.3 Å². The lowest BCUT2D eigenvalue weighted by molar-refractivity contribution is -0.146. The van der Waals surface area contributed by atoms with Gasteiger partial charge in [-0.2, -0.15) is 0 Å². The smallest absolute Gasteiger partial charge is 0.249 e. The maximum Gasteiger partial charge on any atom is 0.249 e. The van der Waals surface area contributed by atoms with Crippen LogP contribution in [0.3, 0.4) is 0 Å². The van der Waals surface area contributed by atoms with Gasteiger partial charge in [-0.15, -0.1) is 11.3 Å². The van der Waals surface area contributed by atoms with Crippen molar-refractivity contribution in [2.24, 2.45) is 11.8 Å². The number of anilines is 1. The lowest BCUT2D eigenvalue weighted by atomic mass is 9.85. The molecule has 0 aromatic carbocycles. The molecule has 3 rings (SSSR count). The second kappa shape index (κ2) is 5.64. The number of fused-ring (bicyclic) bond motifs is 1. The maximum absolute atomic E-state index is 12.4. The molecule has 1 fully saturated rings. The summed E-state index contributed by atoms with van der Waals surface area (Å²) in [4.78, 5) is 43.3. The Morgan fingerprint density at radius 3 is 2.41 bits per heavy atom. The molecule has 1 aliphatic heterocycles. The molecule has 2 aliphatic rings. The zero-order valence-electron chi connectivity index (χ0n) is 12.4. The van der Waals surface area contributed by atoms with Crippen LogP contribution in [0.5, 0.6) is 0 Å². The summed E-state index contributed by atoms with van der Waals surface area (Å²) in [5.41, 5.74) is 0. The molecule has 116 valence electrons. The van der Waals surface area contributed by atoms with Gasteiger partial charge in [0.25, 0.3) is 0 Å². The summed E-state index contributed by atoms with van der Waals surface area (Å²) in [6, 6.07) is -0.824. The van der Waals surface area contributed by atoms with E-state index in [4.69, 9.17) is 0 Å². The first kappa shape index (κ1) is 14.9. The van der Waals surface area contributed by atoms with E-state index < -0.39 is 6.04 Å². The van der Waals surface area contributed by atoms with Crippen molar-refractivity contribution in [1.29, 1.82) is 0 Å². The van der Waals surface area contributed by atoms with Gasteiger partial charge >= 0.3 is 0 Å². The number of imide groups is 1. The average Bonchev–Trinajstić information content (AvgIpc) is 3.01. The highest BCUT2D eigenvalue weighted by atomic mass is 32.1. The Morgan fingerprint density at radius 1 is 1.32 bits per heavy atom. The van der Waals surface area contributed by atoms with Gasteiger partial charge in [-0.3, -0.25) is 19.3 Å². The van der Waals surface area contributed by atoms with E-state index in [-0.39, 0.29) is 29.6 Å². The molecule has 1 N–H and O–H groups in total. The van der Waals surface area contributed by atoms with E-state index in [0.29, 0.717) is 18.0 Å². The number of carbonyl (C=O) groups is 3. The third kappa shape index (κ3) is 2.45. The van der Waals surface area contributed by atoms with Crippen molar-refractivity contribution in [3.63, 3.8) is 0 Å². The molecule has 0 unspecified atom stereocenters. The lowest BCUT2D eigenvalue weighted by Crippen LogP contribution is -2.46. The third-order valence-corrected chi connectivity index (χ3v) is 4.99. The van der Waals surface area contributed by atoms with Gasteiger partial charge in [0.15, 0.2) is 5.13 Å². The SMILES string of the molecule is Cc1cnc(NC(=O)[C@H](C)N2C(=O)[C@H]3CC=CC[C@@H]3C2=O)s1. The molecular formula is C15H17N3O3S. The van der Waals surface area contributed by atoms with E-state index in [0.717, 1.165) is 9.78 Å². The standard InChI is InChI=1S/C15H17N3O3S/c1-8-7-16-15(22-8)17-12(19)9(2)18-13(20)10-5-3-4-6-11(10)14(18)21/h3-4,7,9-11H,5-6H2,1-2H3,(H,16,17,19)/t9-,10-,11-/m0/s1. The number of aryl methyl sites for hydroxylation is 1. The van der Waals surface area contributed by atoms with Crippen LogP contribution in [0.2, 0.25) is 0 Å². The van der Waals surface area contributed by atoms with Crippen molar-refractivity contribution < 1.29 is 14.4 Å². The molecule has 0 saturated carbocycles. The zero-order chi connectivity index (χ0) is 15.9. The molecule has 3 amide bonds. The number of hydrogen-bond donors (Lipinski definition) is 1. The highest BCUT2D eigenvalue weighted by molar-refractivity contribution is 7.15. The molecule has 0 radical (unpaired) electrons. The van der Waals surface area contributed by atoms with Crippen LogP contribution in [0.1, 0.15) is 24.6 Å². The van der Waals surface area contributed by atoms with Crippen LogP contribution in [0.4, 0.5) is 5.13 Å². The topological polar surface area (TPSA) is 79.4 Å². The van der Waals surface area contributed by atoms with Gasteiger partial charge in [0, 0.05) is 11.1 Å². The minimum atomic E-state index is -0.824. The Hall–Kier alpha value is -2.02. The number of rotatable bonds is 3. The van der Waals surface area contributed by atoms with Gasteiger partial charge in [0.2, 0.25) is 17.7 Å². The Balaban J connectivity index is 1.74. The summed E-state index contributed by atoms with van der Waals surface area (Å²) in [5, 5.41) is 3.15. The predicted molar refractivity (Wildman–Crippen MR) is 82.1 cm³/mol. The molecule has 6 nitrogen and oxygen atoms in total. The Morgan fingerprint density at radius 2 is 1.91 bits per heavy atom. The monoisotopic (exact) mass is 319 g/mol. The van der Waals surface area contributed by atoms with Gasteiger partial charge in [-0.25, -0.2) is 4.98 Å². The van der Waals surface area contributed by atoms with Crippen LogP contribution >= 0.6 is 11.3 Å². The van der Waals surface area contributed by atoms with Crippen LogP contribution in [0.25, 0.3) is 0 Å². The third-order valence-electron chi connectivity index (χ3n) is 4.16. The highest BCUT2D eigenvalue weighted by Crippen LogP contribution is 2.36. The Kier molecular flexibility index (Phi) is 3.82. The number of thiazole rings is 1. The fourth-order valence-electron chi connectivity index (χ4n) is 2.95. The molecule has 7 heteroatoms. The van der Waals surface area contributed by atoms with Gasteiger partial charge in [0.1, 0.15) is 6.04 Å². The number of aromatic nitrogens is 1. The Labute approximate surface area is 132 Å². The summed E-state index contributed by atoms with van der Waals surface area (Å²) >= 11 is 1.36. The van der Waals surface area contributed by atoms with E-state index in [2.05, 4.69) is 10.3 Å². The average molecular weight is 319 g/mol. The maximum atomic E-state index is 12.4.